The second-order valence-electron chi connectivity index (χ2n) is 6.93. The van der Waals surface area contributed by atoms with Crippen LogP contribution in [0.5, 0.6) is 0 Å². The van der Waals surface area contributed by atoms with Crippen molar-refractivity contribution in [2.45, 2.75) is 24.3 Å². The lowest BCUT2D eigenvalue weighted by Crippen LogP contribution is -2.27. The van der Waals surface area contributed by atoms with E-state index in [1.807, 2.05) is 38.4 Å². The molecule has 3 rings (SSSR count). The number of halogens is 1. The lowest BCUT2D eigenvalue weighted by Gasteiger charge is -2.13. The maximum absolute atomic E-state index is 13.0. The second kappa shape index (κ2) is 8.81. The summed E-state index contributed by atoms with van der Waals surface area (Å²) >= 11 is 0. The Bertz CT molecular complexity index is 1030. The number of nitrogens with one attached hydrogen (secondary N) is 1. The highest BCUT2D eigenvalue weighted by Gasteiger charge is 2.15. The zero-order valence-electron chi connectivity index (χ0n) is 16.1. The molecule has 0 unspecified atom stereocenters. The first-order valence-corrected chi connectivity index (χ1v) is 10.7. The molecule has 0 aliphatic rings. The van der Waals surface area contributed by atoms with Crippen LogP contribution in [0.1, 0.15) is 12.2 Å². The largest absolute Gasteiger partial charge is 0.328 e. The molecule has 28 heavy (non-hydrogen) atoms. The SMILES string of the molecule is CN(C)CCCn1c(CCNS(=O)(=O)c2ccc(F)cc2)nc2ccccc21. The molecule has 150 valence electrons. The number of nitrogens with zero attached hydrogens (tertiary/aromatic N) is 3. The molecule has 0 saturated carbocycles. The van der Waals surface area contributed by atoms with Gasteiger partial charge in [0.15, 0.2) is 0 Å². The highest BCUT2D eigenvalue weighted by molar-refractivity contribution is 7.89. The Hall–Kier alpha value is -2.29. The van der Waals surface area contributed by atoms with Gasteiger partial charge in [-0.05, 0) is 63.5 Å². The second-order valence-corrected chi connectivity index (χ2v) is 8.69. The van der Waals surface area contributed by atoms with E-state index in [2.05, 4.69) is 19.2 Å². The normalized spacial score (nSPS) is 12.1. The molecule has 0 aliphatic carbocycles. The summed E-state index contributed by atoms with van der Waals surface area (Å²) in [6.07, 6.45) is 1.44. The number of rotatable bonds is 9. The van der Waals surface area contributed by atoms with E-state index in [1.165, 1.54) is 12.1 Å². The van der Waals surface area contributed by atoms with Crippen LogP contribution in [-0.2, 0) is 23.0 Å². The molecule has 0 fully saturated rings. The van der Waals surface area contributed by atoms with Gasteiger partial charge in [-0.1, -0.05) is 12.1 Å². The van der Waals surface area contributed by atoms with Gasteiger partial charge in [0.05, 0.1) is 15.9 Å². The molecule has 2 aromatic carbocycles. The van der Waals surface area contributed by atoms with Crippen molar-refractivity contribution in [1.82, 2.24) is 19.2 Å². The summed E-state index contributed by atoms with van der Waals surface area (Å²) in [5, 5.41) is 0. The van der Waals surface area contributed by atoms with Crippen LogP contribution in [0.2, 0.25) is 0 Å². The third-order valence-electron chi connectivity index (χ3n) is 4.49. The van der Waals surface area contributed by atoms with Gasteiger partial charge in [0, 0.05) is 19.5 Å². The van der Waals surface area contributed by atoms with Crippen molar-refractivity contribution in [3.63, 3.8) is 0 Å². The molecule has 8 heteroatoms. The molecule has 0 radical (unpaired) electrons. The zero-order valence-corrected chi connectivity index (χ0v) is 16.9. The molecule has 0 spiro atoms. The van der Waals surface area contributed by atoms with Gasteiger partial charge in [-0.2, -0.15) is 0 Å². The van der Waals surface area contributed by atoms with E-state index in [4.69, 9.17) is 0 Å². The molecule has 1 N–H and O–H groups in total. The van der Waals surface area contributed by atoms with E-state index in [1.54, 1.807) is 0 Å². The van der Waals surface area contributed by atoms with Gasteiger partial charge in [0.1, 0.15) is 11.6 Å². The summed E-state index contributed by atoms with van der Waals surface area (Å²) in [5.41, 5.74) is 1.96. The number of fused-ring (bicyclic) bond motifs is 1. The summed E-state index contributed by atoms with van der Waals surface area (Å²) in [5.74, 6) is 0.382. The molecule has 1 aromatic heterocycles. The van der Waals surface area contributed by atoms with Crippen molar-refractivity contribution >= 4 is 21.1 Å². The van der Waals surface area contributed by atoms with Gasteiger partial charge in [0.25, 0.3) is 0 Å². The minimum atomic E-state index is -3.68. The highest BCUT2D eigenvalue weighted by Crippen LogP contribution is 2.17. The van der Waals surface area contributed by atoms with E-state index in [0.717, 1.165) is 48.5 Å². The highest BCUT2D eigenvalue weighted by atomic mass is 32.2. The third-order valence-corrected chi connectivity index (χ3v) is 5.96. The summed E-state index contributed by atoms with van der Waals surface area (Å²) in [7, 11) is 0.399. The van der Waals surface area contributed by atoms with Crippen molar-refractivity contribution in [2.24, 2.45) is 0 Å². The lowest BCUT2D eigenvalue weighted by atomic mass is 10.3. The van der Waals surface area contributed by atoms with Crippen LogP contribution >= 0.6 is 0 Å². The van der Waals surface area contributed by atoms with E-state index >= 15 is 0 Å². The fourth-order valence-electron chi connectivity index (χ4n) is 3.11. The van der Waals surface area contributed by atoms with E-state index < -0.39 is 15.8 Å². The van der Waals surface area contributed by atoms with E-state index in [-0.39, 0.29) is 11.4 Å². The number of benzene rings is 2. The van der Waals surface area contributed by atoms with Crippen LogP contribution in [0.25, 0.3) is 11.0 Å². The Labute approximate surface area is 165 Å². The quantitative estimate of drug-likeness (QED) is 0.595. The molecular weight excluding hydrogens is 379 g/mol. The van der Waals surface area contributed by atoms with Crippen molar-refractivity contribution in [1.29, 1.82) is 0 Å². The smallest absolute Gasteiger partial charge is 0.240 e. The molecule has 0 bridgehead atoms. The minimum absolute atomic E-state index is 0.0494. The van der Waals surface area contributed by atoms with Gasteiger partial charge >= 0.3 is 0 Å². The summed E-state index contributed by atoms with van der Waals surface area (Å²) < 4.78 is 42.5. The predicted molar refractivity (Wildman–Crippen MR) is 108 cm³/mol. The van der Waals surface area contributed by atoms with Crippen LogP contribution in [0.4, 0.5) is 4.39 Å². The monoisotopic (exact) mass is 404 g/mol. The van der Waals surface area contributed by atoms with Crippen molar-refractivity contribution in [3.05, 3.63) is 60.2 Å². The van der Waals surface area contributed by atoms with Crippen molar-refractivity contribution in [2.75, 3.05) is 27.2 Å². The Morgan fingerprint density at radius 3 is 2.54 bits per heavy atom. The number of sulfonamides is 1. The van der Waals surface area contributed by atoms with E-state index in [9.17, 15) is 12.8 Å². The Kier molecular flexibility index (Phi) is 6.43. The fourth-order valence-corrected chi connectivity index (χ4v) is 4.14. The topological polar surface area (TPSA) is 67.2 Å². The van der Waals surface area contributed by atoms with Crippen molar-refractivity contribution in [3.8, 4) is 0 Å². The number of imidazole rings is 1. The minimum Gasteiger partial charge on any atom is -0.328 e. The molecule has 0 aliphatic heterocycles. The lowest BCUT2D eigenvalue weighted by molar-refractivity contribution is 0.386. The van der Waals surface area contributed by atoms with Gasteiger partial charge in [-0.3, -0.25) is 0 Å². The molecule has 3 aromatic rings. The van der Waals surface area contributed by atoms with Gasteiger partial charge in [-0.15, -0.1) is 0 Å². The third kappa shape index (κ3) is 4.95. The van der Waals surface area contributed by atoms with Gasteiger partial charge in [0.2, 0.25) is 10.0 Å². The number of hydrogen-bond acceptors (Lipinski definition) is 4. The van der Waals surface area contributed by atoms with E-state index in [0.29, 0.717) is 6.42 Å². The molecule has 6 nitrogen and oxygen atoms in total. The van der Waals surface area contributed by atoms with Crippen LogP contribution in [0.15, 0.2) is 53.4 Å². The van der Waals surface area contributed by atoms with Crippen LogP contribution in [-0.4, -0.2) is 50.1 Å². The standard InChI is InChI=1S/C20H25FN4O2S/c1-24(2)14-5-15-25-19-7-4-3-6-18(19)23-20(25)12-13-22-28(26,27)17-10-8-16(21)9-11-17/h3-4,6-11,22H,5,12-15H2,1-2H3. The Balaban J connectivity index is 1.72. The number of aromatic nitrogens is 2. The summed E-state index contributed by atoms with van der Waals surface area (Å²) in [6.45, 7) is 2.00. The first kappa shape index (κ1) is 20.4. The average Bonchev–Trinajstić information content (AvgIpc) is 2.99. The van der Waals surface area contributed by atoms with Gasteiger partial charge in [-0.25, -0.2) is 22.5 Å². The molecule has 0 amide bonds. The molecule has 1 heterocycles. The summed E-state index contributed by atoms with van der Waals surface area (Å²) in [6, 6.07) is 12.7. The van der Waals surface area contributed by atoms with Crippen LogP contribution in [0, 0.1) is 5.82 Å². The predicted octanol–water partition coefficient (Wildman–Crippen LogP) is 2.65. The molecule has 0 atom stereocenters. The summed E-state index contributed by atoms with van der Waals surface area (Å²) in [4.78, 5) is 6.86. The fraction of sp³-hybridized carbons (Fsp3) is 0.350. The maximum atomic E-state index is 13.0. The van der Waals surface area contributed by atoms with Crippen molar-refractivity contribution < 1.29 is 12.8 Å². The first-order chi connectivity index (χ1) is 13.4. The maximum Gasteiger partial charge on any atom is 0.240 e. The molecular formula is C20H25FN4O2S. The van der Waals surface area contributed by atoms with Gasteiger partial charge < -0.3 is 9.47 Å². The Morgan fingerprint density at radius 1 is 1.11 bits per heavy atom. The number of hydrogen-bond donors (Lipinski definition) is 1. The number of para-hydroxylation sites is 2. The number of aryl methyl sites for hydroxylation is 1. The van der Waals surface area contributed by atoms with Crippen LogP contribution < -0.4 is 4.72 Å². The molecule has 0 saturated heterocycles. The average molecular weight is 405 g/mol. The first-order valence-electron chi connectivity index (χ1n) is 9.21. The zero-order chi connectivity index (χ0) is 20.1. The van der Waals surface area contributed by atoms with Crippen LogP contribution in [0.3, 0.4) is 0 Å². The Morgan fingerprint density at radius 2 is 1.82 bits per heavy atom.